The van der Waals surface area contributed by atoms with E-state index in [1.165, 1.54) is 19.2 Å². The zero-order valence-electron chi connectivity index (χ0n) is 15.5. The molecule has 2 aromatic carbocycles. The number of ketones is 1. The van der Waals surface area contributed by atoms with E-state index < -0.39 is 11.6 Å². The van der Waals surface area contributed by atoms with Gasteiger partial charge in [-0.3, -0.25) is 9.69 Å². The Labute approximate surface area is 157 Å². The van der Waals surface area contributed by atoms with Gasteiger partial charge in [0, 0.05) is 36.2 Å². The summed E-state index contributed by atoms with van der Waals surface area (Å²) >= 11 is 0. The molecule has 0 amide bonds. The number of benzene rings is 2. The van der Waals surface area contributed by atoms with E-state index in [2.05, 4.69) is 0 Å². The van der Waals surface area contributed by atoms with Crippen molar-refractivity contribution in [1.82, 2.24) is 4.90 Å². The summed E-state index contributed by atoms with van der Waals surface area (Å²) in [5.74, 6) is -0.171. The minimum Gasteiger partial charge on any atom is -0.493 e. The average Bonchev–Trinajstić information content (AvgIpc) is 2.69. The van der Waals surface area contributed by atoms with Crippen molar-refractivity contribution in [3.05, 3.63) is 59.2 Å². The van der Waals surface area contributed by atoms with E-state index in [9.17, 15) is 13.6 Å². The van der Waals surface area contributed by atoms with E-state index in [0.29, 0.717) is 35.7 Å². The summed E-state index contributed by atoms with van der Waals surface area (Å²) in [4.78, 5) is 15.0. The molecule has 1 atom stereocenters. The van der Waals surface area contributed by atoms with Crippen molar-refractivity contribution in [2.75, 3.05) is 27.3 Å². The van der Waals surface area contributed by atoms with Crippen LogP contribution >= 0.6 is 0 Å². The lowest BCUT2D eigenvalue weighted by Gasteiger charge is -2.32. The molecule has 1 saturated heterocycles. The fraction of sp³-hybridized carbons (Fsp3) is 0.381. The Morgan fingerprint density at radius 1 is 1.11 bits per heavy atom. The number of carbonyl (C=O) groups is 1. The second-order valence-corrected chi connectivity index (χ2v) is 6.74. The molecule has 0 aliphatic carbocycles. The van der Waals surface area contributed by atoms with Crippen molar-refractivity contribution in [2.45, 2.75) is 19.4 Å². The van der Waals surface area contributed by atoms with Gasteiger partial charge in [0.15, 0.2) is 17.3 Å². The Morgan fingerprint density at radius 2 is 1.89 bits per heavy atom. The molecule has 4 nitrogen and oxygen atoms in total. The normalized spacial score (nSPS) is 17.6. The van der Waals surface area contributed by atoms with Crippen molar-refractivity contribution in [2.24, 2.45) is 5.92 Å². The molecule has 1 aliphatic rings. The number of methoxy groups -OCH3 is 2. The topological polar surface area (TPSA) is 38.8 Å². The van der Waals surface area contributed by atoms with E-state index in [4.69, 9.17) is 9.47 Å². The second kappa shape index (κ2) is 8.48. The third kappa shape index (κ3) is 4.45. The van der Waals surface area contributed by atoms with E-state index in [-0.39, 0.29) is 11.7 Å². The van der Waals surface area contributed by atoms with Crippen molar-refractivity contribution >= 4 is 5.78 Å². The molecule has 144 valence electrons. The number of likely N-dealkylation sites (tertiary alicyclic amines) is 1. The minimum atomic E-state index is -0.587. The number of Topliss-reactive ketones (excluding diaryl/α,β-unsaturated/α-hetero) is 1. The smallest absolute Gasteiger partial charge is 0.167 e. The van der Waals surface area contributed by atoms with Crippen LogP contribution in [-0.4, -0.2) is 38.0 Å². The first-order valence-corrected chi connectivity index (χ1v) is 8.94. The maximum Gasteiger partial charge on any atom is 0.167 e. The summed E-state index contributed by atoms with van der Waals surface area (Å²) in [6.45, 7) is 1.69. The molecule has 0 bridgehead atoms. The predicted octanol–water partition coefficient (Wildman–Crippen LogP) is 4.08. The lowest BCUT2D eigenvalue weighted by atomic mass is 9.89. The van der Waals surface area contributed by atoms with Gasteiger partial charge >= 0.3 is 0 Å². The number of rotatable bonds is 6. The first kappa shape index (κ1) is 19.3. The standard InChI is InChI=1S/C21H23F2NO3/c1-26-19-8-6-14(10-20(19)27-2)21(25)16-4-3-9-24(13-16)12-15-5-7-17(22)11-18(15)23/h5-8,10-11,16H,3-4,9,12-13H2,1-2H3. The Balaban J connectivity index is 1.71. The zero-order valence-corrected chi connectivity index (χ0v) is 15.5. The molecule has 1 fully saturated rings. The van der Waals surface area contributed by atoms with Crippen molar-refractivity contribution in [1.29, 1.82) is 0 Å². The maximum absolute atomic E-state index is 13.9. The number of halogens is 2. The summed E-state index contributed by atoms with van der Waals surface area (Å²) in [5.41, 5.74) is 1.02. The molecule has 6 heteroatoms. The summed E-state index contributed by atoms with van der Waals surface area (Å²) in [6, 6.07) is 8.77. The van der Waals surface area contributed by atoms with Crippen LogP contribution < -0.4 is 9.47 Å². The highest BCUT2D eigenvalue weighted by Gasteiger charge is 2.27. The summed E-state index contributed by atoms with van der Waals surface area (Å²) in [6.07, 6.45) is 1.64. The number of piperidine rings is 1. The van der Waals surface area contributed by atoms with Gasteiger partial charge in [-0.2, -0.15) is 0 Å². The lowest BCUT2D eigenvalue weighted by molar-refractivity contribution is 0.0810. The highest BCUT2D eigenvalue weighted by atomic mass is 19.1. The van der Waals surface area contributed by atoms with Gasteiger partial charge < -0.3 is 9.47 Å². The third-order valence-electron chi connectivity index (χ3n) is 4.95. The average molecular weight is 375 g/mol. The van der Waals surface area contributed by atoms with Gasteiger partial charge in [0.1, 0.15) is 11.6 Å². The Kier molecular flexibility index (Phi) is 6.06. The maximum atomic E-state index is 13.9. The SMILES string of the molecule is COc1ccc(C(=O)C2CCCN(Cc3ccc(F)cc3F)C2)cc1OC. The van der Waals surface area contributed by atoms with E-state index in [0.717, 1.165) is 25.5 Å². The quantitative estimate of drug-likeness (QED) is 0.714. The van der Waals surface area contributed by atoms with Crippen LogP contribution in [0.5, 0.6) is 11.5 Å². The first-order valence-electron chi connectivity index (χ1n) is 8.94. The van der Waals surface area contributed by atoms with Crippen LogP contribution in [0.4, 0.5) is 8.78 Å². The van der Waals surface area contributed by atoms with Crippen LogP contribution in [0.25, 0.3) is 0 Å². The van der Waals surface area contributed by atoms with Crippen LogP contribution in [0.1, 0.15) is 28.8 Å². The number of nitrogens with zero attached hydrogens (tertiary/aromatic N) is 1. The lowest BCUT2D eigenvalue weighted by Crippen LogP contribution is -2.38. The van der Waals surface area contributed by atoms with Gasteiger partial charge in [0.05, 0.1) is 14.2 Å². The Hall–Kier alpha value is -2.47. The molecule has 1 aliphatic heterocycles. The van der Waals surface area contributed by atoms with Gasteiger partial charge in [-0.1, -0.05) is 6.07 Å². The molecule has 0 N–H and O–H groups in total. The number of hydrogen-bond acceptors (Lipinski definition) is 4. The molecular weight excluding hydrogens is 352 g/mol. The van der Waals surface area contributed by atoms with Gasteiger partial charge in [-0.15, -0.1) is 0 Å². The number of ether oxygens (including phenoxy) is 2. The summed E-state index contributed by atoms with van der Waals surface area (Å²) in [5, 5.41) is 0. The van der Waals surface area contributed by atoms with E-state index in [1.807, 2.05) is 4.90 Å². The van der Waals surface area contributed by atoms with Gasteiger partial charge in [-0.05, 0) is 43.7 Å². The first-order chi connectivity index (χ1) is 13.0. The van der Waals surface area contributed by atoms with Gasteiger partial charge in [0.2, 0.25) is 0 Å². The second-order valence-electron chi connectivity index (χ2n) is 6.74. The highest BCUT2D eigenvalue weighted by Crippen LogP contribution is 2.30. The van der Waals surface area contributed by atoms with Crippen molar-refractivity contribution < 1.29 is 23.0 Å². The molecule has 1 unspecified atom stereocenters. The number of carbonyl (C=O) groups excluding carboxylic acids is 1. The van der Waals surface area contributed by atoms with Gasteiger partial charge in [0.25, 0.3) is 0 Å². The molecule has 27 heavy (non-hydrogen) atoms. The predicted molar refractivity (Wildman–Crippen MR) is 98.2 cm³/mol. The van der Waals surface area contributed by atoms with Crippen molar-refractivity contribution in [3.63, 3.8) is 0 Å². The highest BCUT2D eigenvalue weighted by molar-refractivity contribution is 5.98. The monoisotopic (exact) mass is 375 g/mol. The minimum absolute atomic E-state index is 0.0419. The van der Waals surface area contributed by atoms with Crippen LogP contribution in [-0.2, 0) is 6.54 Å². The molecule has 1 heterocycles. The molecular formula is C21H23F2NO3. The van der Waals surface area contributed by atoms with Crippen molar-refractivity contribution in [3.8, 4) is 11.5 Å². The summed E-state index contributed by atoms with van der Waals surface area (Å²) in [7, 11) is 3.08. The van der Waals surface area contributed by atoms with Crippen LogP contribution in [0.15, 0.2) is 36.4 Å². The molecule has 0 aromatic heterocycles. The summed E-state index contributed by atoms with van der Waals surface area (Å²) < 4.78 is 37.5. The zero-order chi connectivity index (χ0) is 19.4. The molecule has 3 rings (SSSR count). The molecule has 2 aromatic rings. The van der Waals surface area contributed by atoms with E-state index in [1.54, 1.807) is 25.3 Å². The molecule has 0 saturated carbocycles. The van der Waals surface area contributed by atoms with Gasteiger partial charge in [-0.25, -0.2) is 8.78 Å². The third-order valence-corrected chi connectivity index (χ3v) is 4.95. The Morgan fingerprint density at radius 3 is 2.59 bits per heavy atom. The van der Waals surface area contributed by atoms with Crippen LogP contribution in [0.2, 0.25) is 0 Å². The van der Waals surface area contributed by atoms with Crippen LogP contribution in [0, 0.1) is 17.6 Å². The number of hydrogen-bond donors (Lipinski definition) is 0. The van der Waals surface area contributed by atoms with E-state index >= 15 is 0 Å². The molecule has 0 spiro atoms. The largest absolute Gasteiger partial charge is 0.493 e. The molecule has 0 radical (unpaired) electrons. The Bertz CT molecular complexity index is 825. The fourth-order valence-electron chi connectivity index (χ4n) is 3.53. The van der Waals surface area contributed by atoms with Crippen LogP contribution in [0.3, 0.4) is 0 Å². The fourth-order valence-corrected chi connectivity index (χ4v) is 3.53.